The Balaban J connectivity index is 1.83. The molecule has 0 unspecified atom stereocenters. The molecule has 0 bridgehead atoms. The van der Waals surface area contributed by atoms with E-state index in [1.807, 2.05) is 6.07 Å². The lowest BCUT2D eigenvalue weighted by Gasteiger charge is -2.07. The van der Waals surface area contributed by atoms with Crippen molar-refractivity contribution in [3.63, 3.8) is 0 Å². The summed E-state index contributed by atoms with van der Waals surface area (Å²) in [6.07, 6.45) is 1.36. The molecular weight excluding hydrogens is 419 g/mol. The summed E-state index contributed by atoms with van der Waals surface area (Å²) in [4.78, 5) is 11.6. The molecule has 0 saturated carbocycles. The molecule has 114 valence electrons. The van der Waals surface area contributed by atoms with Gasteiger partial charge in [-0.2, -0.15) is 5.10 Å². The van der Waals surface area contributed by atoms with Gasteiger partial charge >= 0.3 is 0 Å². The summed E-state index contributed by atoms with van der Waals surface area (Å²) in [5.74, 6) is -0.228. The number of carbonyl (C=O) groups excluding carboxylic acids is 1. The van der Waals surface area contributed by atoms with Gasteiger partial charge in [0.25, 0.3) is 5.91 Å². The van der Waals surface area contributed by atoms with Gasteiger partial charge in [0.15, 0.2) is 6.61 Å². The second kappa shape index (κ2) is 8.05. The van der Waals surface area contributed by atoms with Crippen molar-refractivity contribution in [1.82, 2.24) is 5.43 Å². The number of halogens is 3. The molecule has 1 amide bonds. The Kier molecular flexibility index (Phi) is 6.09. The average molecular weight is 430 g/mol. The predicted octanol–water partition coefficient (Wildman–Crippen LogP) is 3.88. The molecule has 0 spiro atoms. The summed E-state index contributed by atoms with van der Waals surface area (Å²) in [6.45, 7) is -0.180. The molecule has 2 aromatic carbocycles. The molecule has 0 aliphatic rings. The Labute approximate surface area is 143 Å². The molecule has 22 heavy (non-hydrogen) atoms. The van der Waals surface area contributed by atoms with Gasteiger partial charge in [0.1, 0.15) is 11.6 Å². The highest BCUT2D eigenvalue weighted by atomic mass is 79.9. The summed E-state index contributed by atoms with van der Waals surface area (Å²) >= 11 is 6.66. The van der Waals surface area contributed by atoms with Crippen molar-refractivity contribution in [2.75, 3.05) is 6.61 Å². The van der Waals surface area contributed by atoms with E-state index in [-0.39, 0.29) is 12.4 Å². The van der Waals surface area contributed by atoms with E-state index < -0.39 is 5.91 Å². The molecule has 7 heteroatoms. The molecule has 0 aliphatic heterocycles. The summed E-state index contributed by atoms with van der Waals surface area (Å²) in [5, 5.41) is 3.74. The van der Waals surface area contributed by atoms with Crippen LogP contribution in [0.1, 0.15) is 5.56 Å². The number of hydrogen-bond donors (Lipinski definition) is 1. The number of nitrogens with one attached hydrogen (secondary N) is 1. The van der Waals surface area contributed by atoms with E-state index in [4.69, 9.17) is 4.74 Å². The zero-order valence-electron chi connectivity index (χ0n) is 11.2. The van der Waals surface area contributed by atoms with Gasteiger partial charge in [-0.15, -0.1) is 0 Å². The maximum Gasteiger partial charge on any atom is 0.277 e. The smallest absolute Gasteiger partial charge is 0.277 e. The second-order valence-electron chi connectivity index (χ2n) is 4.21. The Morgan fingerprint density at radius 3 is 2.82 bits per heavy atom. The van der Waals surface area contributed by atoms with Gasteiger partial charge in [0, 0.05) is 4.47 Å². The van der Waals surface area contributed by atoms with Crippen LogP contribution in [0.15, 0.2) is 56.5 Å². The van der Waals surface area contributed by atoms with Crippen molar-refractivity contribution < 1.29 is 13.9 Å². The SMILES string of the molecule is O=C(COc1ccc(Br)cc1Br)N/N=C/c1cccc(F)c1. The summed E-state index contributed by atoms with van der Waals surface area (Å²) < 4.78 is 19.9. The van der Waals surface area contributed by atoms with Crippen molar-refractivity contribution in [2.45, 2.75) is 0 Å². The molecule has 0 radical (unpaired) electrons. The maximum atomic E-state index is 13.0. The Morgan fingerprint density at radius 2 is 2.09 bits per heavy atom. The third-order valence-corrected chi connectivity index (χ3v) is 3.62. The van der Waals surface area contributed by atoms with E-state index in [2.05, 4.69) is 42.4 Å². The third-order valence-electron chi connectivity index (χ3n) is 2.50. The molecule has 2 aromatic rings. The van der Waals surface area contributed by atoms with Gasteiger partial charge in [-0.3, -0.25) is 4.79 Å². The lowest BCUT2D eigenvalue weighted by atomic mass is 10.2. The van der Waals surface area contributed by atoms with E-state index in [1.54, 1.807) is 24.3 Å². The van der Waals surface area contributed by atoms with Crippen LogP contribution < -0.4 is 10.2 Å². The molecule has 0 saturated heterocycles. The van der Waals surface area contributed by atoms with Gasteiger partial charge in [-0.1, -0.05) is 28.1 Å². The minimum Gasteiger partial charge on any atom is -0.483 e. The lowest BCUT2D eigenvalue weighted by molar-refractivity contribution is -0.123. The van der Waals surface area contributed by atoms with E-state index in [9.17, 15) is 9.18 Å². The van der Waals surface area contributed by atoms with Crippen LogP contribution in [-0.4, -0.2) is 18.7 Å². The van der Waals surface area contributed by atoms with Crippen molar-refractivity contribution in [3.05, 3.63) is 62.8 Å². The average Bonchev–Trinajstić information content (AvgIpc) is 2.46. The largest absolute Gasteiger partial charge is 0.483 e. The maximum absolute atomic E-state index is 13.0. The first-order valence-electron chi connectivity index (χ1n) is 6.20. The normalized spacial score (nSPS) is 10.7. The van der Waals surface area contributed by atoms with Crippen molar-refractivity contribution in [1.29, 1.82) is 0 Å². The number of benzene rings is 2. The molecule has 0 atom stereocenters. The molecule has 0 heterocycles. The van der Waals surface area contributed by atoms with Gasteiger partial charge in [0.05, 0.1) is 10.7 Å². The zero-order chi connectivity index (χ0) is 15.9. The van der Waals surface area contributed by atoms with Crippen molar-refractivity contribution >= 4 is 44.0 Å². The number of hydrogen-bond acceptors (Lipinski definition) is 3. The fraction of sp³-hybridized carbons (Fsp3) is 0.0667. The van der Waals surface area contributed by atoms with Gasteiger partial charge in [-0.05, 0) is 51.8 Å². The molecule has 0 aromatic heterocycles. The van der Waals surface area contributed by atoms with Crippen LogP contribution in [0.4, 0.5) is 4.39 Å². The molecule has 0 fully saturated rings. The first-order chi connectivity index (χ1) is 10.5. The van der Waals surface area contributed by atoms with E-state index >= 15 is 0 Å². The number of nitrogens with zero attached hydrogens (tertiary/aromatic N) is 1. The fourth-order valence-corrected chi connectivity index (χ4v) is 2.70. The van der Waals surface area contributed by atoms with Crippen LogP contribution in [0.5, 0.6) is 5.75 Å². The molecule has 4 nitrogen and oxygen atoms in total. The number of ether oxygens (including phenoxy) is 1. The molecular formula is C15H11Br2FN2O2. The minimum atomic E-state index is -0.414. The standard InChI is InChI=1S/C15H11Br2FN2O2/c16-11-4-5-14(13(17)7-11)22-9-15(21)20-19-8-10-2-1-3-12(18)6-10/h1-8H,9H2,(H,20,21)/b19-8+. The van der Waals surface area contributed by atoms with Crippen LogP contribution in [0.3, 0.4) is 0 Å². The van der Waals surface area contributed by atoms with Crippen LogP contribution in [0, 0.1) is 5.82 Å². The van der Waals surface area contributed by atoms with Gasteiger partial charge in [0.2, 0.25) is 0 Å². The van der Waals surface area contributed by atoms with Gasteiger partial charge < -0.3 is 4.74 Å². The summed E-state index contributed by atoms with van der Waals surface area (Å²) in [5.41, 5.74) is 2.86. The van der Waals surface area contributed by atoms with Crippen LogP contribution >= 0.6 is 31.9 Å². The first-order valence-corrected chi connectivity index (χ1v) is 7.78. The predicted molar refractivity (Wildman–Crippen MR) is 89.5 cm³/mol. The summed E-state index contributed by atoms with van der Waals surface area (Å²) in [7, 11) is 0. The number of amides is 1. The molecule has 1 N–H and O–H groups in total. The Bertz CT molecular complexity index is 708. The highest BCUT2D eigenvalue weighted by Crippen LogP contribution is 2.27. The van der Waals surface area contributed by atoms with Crippen LogP contribution in [-0.2, 0) is 4.79 Å². The minimum absolute atomic E-state index is 0.180. The molecule has 2 rings (SSSR count). The van der Waals surface area contributed by atoms with Crippen molar-refractivity contribution in [3.8, 4) is 5.75 Å². The van der Waals surface area contributed by atoms with E-state index in [0.29, 0.717) is 11.3 Å². The zero-order valence-corrected chi connectivity index (χ0v) is 14.4. The Morgan fingerprint density at radius 1 is 1.27 bits per heavy atom. The van der Waals surface area contributed by atoms with E-state index in [0.717, 1.165) is 8.95 Å². The second-order valence-corrected chi connectivity index (χ2v) is 5.98. The quantitative estimate of drug-likeness (QED) is 0.579. The van der Waals surface area contributed by atoms with Gasteiger partial charge in [-0.25, -0.2) is 9.82 Å². The Hall–Kier alpha value is -1.73. The number of carbonyl (C=O) groups is 1. The highest BCUT2D eigenvalue weighted by Gasteiger charge is 2.05. The van der Waals surface area contributed by atoms with Crippen molar-refractivity contribution in [2.24, 2.45) is 5.10 Å². The highest BCUT2D eigenvalue weighted by molar-refractivity contribution is 9.11. The first kappa shape index (κ1) is 16.6. The van der Waals surface area contributed by atoms with Crippen LogP contribution in [0.2, 0.25) is 0 Å². The topological polar surface area (TPSA) is 50.7 Å². The third kappa shape index (κ3) is 5.23. The number of hydrazone groups is 1. The fourth-order valence-electron chi connectivity index (χ4n) is 1.53. The monoisotopic (exact) mass is 428 g/mol. The molecule has 0 aliphatic carbocycles. The lowest BCUT2D eigenvalue weighted by Crippen LogP contribution is -2.24. The van der Waals surface area contributed by atoms with E-state index in [1.165, 1.54) is 18.3 Å². The summed E-state index contributed by atoms with van der Waals surface area (Å²) in [6, 6.07) is 11.2. The van der Waals surface area contributed by atoms with Crippen LogP contribution in [0.25, 0.3) is 0 Å². The number of rotatable bonds is 5.